The molecule has 1 amide bonds. The fraction of sp³-hybridized carbons (Fsp3) is 0.444. The number of nitrogens with two attached hydrogens (primary N) is 1. The van der Waals surface area contributed by atoms with Crippen LogP contribution in [-0.4, -0.2) is 29.5 Å². The highest BCUT2D eigenvalue weighted by molar-refractivity contribution is 5.80. The largest absolute Gasteiger partial charge is 0.383 e. The minimum absolute atomic E-state index is 0.103. The van der Waals surface area contributed by atoms with Gasteiger partial charge in [0.2, 0.25) is 5.91 Å². The molecule has 0 aromatic carbocycles. The van der Waals surface area contributed by atoms with Crippen molar-refractivity contribution in [3.05, 3.63) is 11.9 Å². The summed E-state index contributed by atoms with van der Waals surface area (Å²) in [4.78, 5) is 18.9. The Labute approximate surface area is 88.3 Å². The van der Waals surface area contributed by atoms with Gasteiger partial charge in [-0.1, -0.05) is 6.92 Å². The fourth-order valence-corrected chi connectivity index (χ4v) is 1.18. The molecule has 1 aromatic heterocycles. The molecule has 0 unspecified atom stereocenters. The van der Waals surface area contributed by atoms with Crippen molar-refractivity contribution >= 4 is 17.5 Å². The average molecular weight is 209 g/mol. The van der Waals surface area contributed by atoms with Gasteiger partial charge in [-0.05, 0) is 6.42 Å². The van der Waals surface area contributed by atoms with E-state index in [9.17, 15) is 4.79 Å². The lowest BCUT2D eigenvalue weighted by Gasteiger charge is -2.09. The van der Waals surface area contributed by atoms with Gasteiger partial charge < -0.3 is 16.4 Å². The number of nitrogens with one attached hydrogen (secondary N) is 2. The molecule has 0 aliphatic heterocycles. The SMILES string of the molecule is CCc1c(N)ncnc1NCC(=O)NC. The molecular formula is C9H15N5O. The van der Waals surface area contributed by atoms with Gasteiger partial charge in [-0.15, -0.1) is 0 Å². The van der Waals surface area contributed by atoms with Gasteiger partial charge in [-0.3, -0.25) is 4.79 Å². The van der Waals surface area contributed by atoms with Crippen LogP contribution in [0.3, 0.4) is 0 Å². The van der Waals surface area contributed by atoms with Crippen LogP contribution in [-0.2, 0) is 11.2 Å². The smallest absolute Gasteiger partial charge is 0.239 e. The lowest BCUT2D eigenvalue weighted by atomic mass is 10.2. The van der Waals surface area contributed by atoms with Crippen molar-refractivity contribution in [1.29, 1.82) is 0 Å². The normalized spacial score (nSPS) is 9.73. The lowest BCUT2D eigenvalue weighted by Crippen LogP contribution is -2.27. The summed E-state index contributed by atoms with van der Waals surface area (Å²) in [5, 5.41) is 5.42. The quantitative estimate of drug-likeness (QED) is 0.637. The summed E-state index contributed by atoms with van der Waals surface area (Å²) in [5.41, 5.74) is 6.51. The zero-order valence-electron chi connectivity index (χ0n) is 8.87. The van der Waals surface area contributed by atoms with Crippen molar-refractivity contribution in [2.45, 2.75) is 13.3 Å². The van der Waals surface area contributed by atoms with E-state index in [2.05, 4.69) is 20.6 Å². The number of aromatic nitrogens is 2. The van der Waals surface area contributed by atoms with Gasteiger partial charge in [0.1, 0.15) is 18.0 Å². The van der Waals surface area contributed by atoms with Crippen LogP contribution < -0.4 is 16.4 Å². The predicted molar refractivity (Wildman–Crippen MR) is 58.4 cm³/mol. The van der Waals surface area contributed by atoms with Gasteiger partial charge >= 0.3 is 0 Å². The third kappa shape index (κ3) is 2.80. The van der Waals surface area contributed by atoms with Crippen LogP contribution in [0.15, 0.2) is 6.33 Å². The van der Waals surface area contributed by atoms with Crippen molar-refractivity contribution in [3.63, 3.8) is 0 Å². The molecule has 1 aromatic rings. The molecule has 6 nitrogen and oxygen atoms in total. The average Bonchev–Trinajstić information content (AvgIpc) is 2.25. The molecule has 0 aliphatic rings. The van der Waals surface area contributed by atoms with Crippen LogP contribution in [0.1, 0.15) is 12.5 Å². The topological polar surface area (TPSA) is 92.9 Å². The zero-order valence-corrected chi connectivity index (χ0v) is 8.87. The first-order valence-corrected chi connectivity index (χ1v) is 4.72. The molecule has 0 radical (unpaired) electrons. The third-order valence-corrected chi connectivity index (χ3v) is 2.03. The molecular weight excluding hydrogens is 194 g/mol. The molecule has 6 heteroatoms. The molecule has 0 fully saturated rings. The first-order chi connectivity index (χ1) is 7.19. The Hall–Kier alpha value is -1.85. The van der Waals surface area contributed by atoms with E-state index in [1.165, 1.54) is 6.33 Å². The van der Waals surface area contributed by atoms with E-state index in [0.717, 1.165) is 12.0 Å². The summed E-state index contributed by atoms with van der Waals surface area (Å²) in [5.74, 6) is 0.967. The zero-order chi connectivity index (χ0) is 11.3. The monoisotopic (exact) mass is 209 g/mol. The molecule has 0 bridgehead atoms. The van der Waals surface area contributed by atoms with E-state index in [0.29, 0.717) is 11.6 Å². The van der Waals surface area contributed by atoms with Gasteiger partial charge in [0.25, 0.3) is 0 Å². The number of anilines is 2. The molecule has 0 saturated carbocycles. The number of likely N-dealkylation sites (N-methyl/N-ethyl adjacent to an activating group) is 1. The summed E-state index contributed by atoms with van der Waals surface area (Å²) < 4.78 is 0. The maximum Gasteiger partial charge on any atom is 0.239 e. The molecule has 4 N–H and O–H groups in total. The number of hydrogen-bond acceptors (Lipinski definition) is 5. The van der Waals surface area contributed by atoms with Gasteiger partial charge in [-0.2, -0.15) is 0 Å². The van der Waals surface area contributed by atoms with Gasteiger partial charge in [0.15, 0.2) is 0 Å². The van der Waals surface area contributed by atoms with E-state index >= 15 is 0 Å². The van der Waals surface area contributed by atoms with Crippen LogP contribution in [0, 0.1) is 0 Å². The van der Waals surface area contributed by atoms with Crippen LogP contribution in [0.2, 0.25) is 0 Å². The second-order valence-corrected chi connectivity index (χ2v) is 2.97. The molecule has 1 heterocycles. The molecule has 0 aliphatic carbocycles. The number of carbonyl (C=O) groups is 1. The Morgan fingerprint density at radius 3 is 2.87 bits per heavy atom. The van der Waals surface area contributed by atoms with E-state index in [4.69, 9.17) is 5.73 Å². The summed E-state index contributed by atoms with van der Waals surface area (Å²) in [6.45, 7) is 2.14. The molecule has 82 valence electrons. The number of nitrogen functional groups attached to an aromatic ring is 1. The Morgan fingerprint density at radius 1 is 1.53 bits per heavy atom. The van der Waals surface area contributed by atoms with Crippen molar-refractivity contribution in [1.82, 2.24) is 15.3 Å². The van der Waals surface area contributed by atoms with Gasteiger partial charge in [-0.25, -0.2) is 9.97 Å². The standard InChI is InChI=1S/C9H15N5O/c1-3-6-8(10)13-5-14-9(6)12-4-7(15)11-2/h5H,3-4H2,1-2H3,(H,11,15)(H3,10,12,13,14). The van der Waals surface area contributed by atoms with Crippen LogP contribution >= 0.6 is 0 Å². The van der Waals surface area contributed by atoms with E-state index in [1.54, 1.807) is 7.05 Å². The van der Waals surface area contributed by atoms with Gasteiger partial charge in [0.05, 0.1) is 6.54 Å². The van der Waals surface area contributed by atoms with Crippen molar-refractivity contribution in [2.24, 2.45) is 0 Å². The maximum atomic E-state index is 11.0. The van der Waals surface area contributed by atoms with E-state index in [1.807, 2.05) is 6.92 Å². The molecule has 15 heavy (non-hydrogen) atoms. The van der Waals surface area contributed by atoms with Crippen molar-refractivity contribution in [3.8, 4) is 0 Å². The van der Waals surface area contributed by atoms with Crippen LogP contribution in [0.4, 0.5) is 11.6 Å². The third-order valence-electron chi connectivity index (χ3n) is 2.03. The number of rotatable bonds is 4. The highest BCUT2D eigenvalue weighted by Gasteiger charge is 2.07. The first kappa shape index (κ1) is 11.2. The summed E-state index contributed by atoms with van der Waals surface area (Å²) >= 11 is 0. The Morgan fingerprint density at radius 2 is 2.27 bits per heavy atom. The maximum absolute atomic E-state index is 11.0. The highest BCUT2D eigenvalue weighted by atomic mass is 16.1. The summed E-state index contributed by atoms with van der Waals surface area (Å²) in [7, 11) is 1.58. The first-order valence-electron chi connectivity index (χ1n) is 4.72. The minimum atomic E-state index is -0.103. The number of nitrogens with zero attached hydrogens (tertiary/aromatic N) is 2. The number of hydrogen-bond donors (Lipinski definition) is 3. The molecule has 1 rings (SSSR count). The van der Waals surface area contributed by atoms with Crippen LogP contribution in [0.25, 0.3) is 0 Å². The molecule has 0 atom stereocenters. The van der Waals surface area contributed by atoms with E-state index in [-0.39, 0.29) is 12.5 Å². The van der Waals surface area contributed by atoms with E-state index < -0.39 is 0 Å². The lowest BCUT2D eigenvalue weighted by molar-refractivity contribution is -0.118. The second kappa shape index (κ2) is 5.14. The second-order valence-electron chi connectivity index (χ2n) is 2.97. The predicted octanol–water partition coefficient (Wildman–Crippen LogP) is -0.221. The van der Waals surface area contributed by atoms with Crippen molar-refractivity contribution in [2.75, 3.05) is 24.6 Å². The Balaban J connectivity index is 2.76. The summed E-state index contributed by atoms with van der Waals surface area (Å²) in [6, 6.07) is 0. The Bertz CT molecular complexity index is 352. The van der Waals surface area contributed by atoms with Crippen molar-refractivity contribution < 1.29 is 4.79 Å². The number of amides is 1. The molecule has 0 saturated heterocycles. The minimum Gasteiger partial charge on any atom is -0.383 e. The fourth-order valence-electron chi connectivity index (χ4n) is 1.18. The van der Waals surface area contributed by atoms with Crippen LogP contribution in [0.5, 0.6) is 0 Å². The Kier molecular flexibility index (Phi) is 3.84. The van der Waals surface area contributed by atoms with Gasteiger partial charge in [0, 0.05) is 12.6 Å². The summed E-state index contributed by atoms with van der Waals surface area (Å²) in [6.07, 6.45) is 2.10. The highest BCUT2D eigenvalue weighted by Crippen LogP contribution is 2.16. The number of carbonyl (C=O) groups excluding carboxylic acids is 1. The molecule has 0 spiro atoms.